The first kappa shape index (κ1) is 11.5. The molecule has 0 amide bonds. The highest BCUT2D eigenvalue weighted by Gasteiger charge is 2.07. The summed E-state index contributed by atoms with van der Waals surface area (Å²) < 4.78 is 4.96. The van der Waals surface area contributed by atoms with Crippen LogP contribution in [0.4, 0.5) is 0 Å². The van der Waals surface area contributed by atoms with Crippen molar-refractivity contribution in [1.29, 1.82) is 0 Å². The molecule has 2 heteroatoms. The molecule has 0 unspecified atom stereocenters. The third kappa shape index (κ3) is 4.45. The molecule has 0 fully saturated rings. The molecular formula is C13H16O2. The van der Waals surface area contributed by atoms with Crippen LogP contribution < -0.4 is 0 Å². The predicted octanol–water partition coefficient (Wildman–Crippen LogP) is 2.59. The second-order valence-corrected chi connectivity index (χ2v) is 3.49. The molecular weight excluding hydrogens is 188 g/mol. The zero-order valence-electron chi connectivity index (χ0n) is 8.98. The van der Waals surface area contributed by atoms with Gasteiger partial charge in [-0.2, -0.15) is 0 Å². The predicted molar refractivity (Wildman–Crippen MR) is 60.5 cm³/mol. The zero-order valence-corrected chi connectivity index (χ0v) is 8.98. The molecule has 0 aliphatic heterocycles. The Balaban J connectivity index is 2.47. The van der Waals surface area contributed by atoms with Crippen LogP contribution >= 0.6 is 0 Å². The van der Waals surface area contributed by atoms with Crippen LogP contribution in [-0.2, 0) is 16.0 Å². The Morgan fingerprint density at radius 2 is 2.13 bits per heavy atom. The molecule has 0 spiro atoms. The third-order valence-electron chi connectivity index (χ3n) is 2.17. The van der Waals surface area contributed by atoms with Crippen molar-refractivity contribution < 1.29 is 9.53 Å². The molecule has 80 valence electrons. The molecule has 1 atom stereocenters. The van der Waals surface area contributed by atoms with Gasteiger partial charge in [0, 0.05) is 12.8 Å². The van der Waals surface area contributed by atoms with Crippen LogP contribution in [0.15, 0.2) is 43.0 Å². The zero-order chi connectivity index (χ0) is 11.1. The van der Waals surface area contributed by atoms with Crippen molar-refractivity contribution in [3.63, 3.8) is 0 Å². The Kier molecular flexibility index (Phi) is 4.61. The molecule has 0 N–H and O–H groups in total. The number of carbonyl (C=O) groups is 1. The first-order valence-electron chi connectivity index (χ1n) is 5.02. The number of hydrogen-bond donors (Lipinski definition) is 0. The Labute approximate surface area is 90.6 Å². The normalized spacial score (nSPS) is 11.8. The number of hydrogen-bond acceptors (Lipinski definition) is 2. The molecule has 0 radical (unpaired) electrons. The lowest BCUT2D eigenvalue weighted by Crippen LogP contribution is -2.12. The minimum Gasteiger partial charge on any atom is -0.465 e. The van der Waals surface area contributed by atoms with Gasteiger partial charge in [-0.15, -0.1) is 6.58 Å². The van der Waals surface area contributed by atoms with Gasteiger partial charge in [0.2, 0.25) is 0 Å². The van der Waals surface area contributed by atoms with Gasteiger partial charge >= 0.3 is 5.97 Å². The quantitative estimate of drug-likeness (QED) is 0.544. The van der Waals surface area contributed by atoms with Crippen LogP contribution in [-0.4, -0.2) is 12.6 Å². The molecule has 1 rings (SSSR count). The van der Waals surface area contributed by atoms with Gasteiger partial charge in [0.25, 0.3) is 0 Å². The van der Waals surface area contributed by atoms with Gasteiger partial charge < -0.3 is 4.74 Å². The maximum atomic E-state index is 10.7. The van der Waals surface area contributed by atoms with Crippen molar-refractivity contribution in [3.8, 4) is 0 Å². The Morgan fingerprint density at radius 1 is 1.47 bits per heavy atom. The fraction of sp³-hybridized carbons (Fsp3) is 0.308. The summed E-state index contributed by atoms with van der Waals surface area (Å²) in [5.41, 5.74) is 1.23. The lowest BCUT2D eigenvalue weighted by molar-refractivity contribution is -0.141. The number of benzene rings is 1. The van der Waals surface area contributed by atoms with E-state index >= 15 is 0 Å². The van der Waals surface area contributed by atoms with Crippen molar-refractivity contribution in [2.45, 2.75) is 13.3 Å². The monoisotopic (exact) mass is 204 g/mol. The largest absolute Gasteiger partial charge is 0.465 e. The topological polar surface area (TPSA) is 26.3 Å². The number of rotatable bonds is 5. The van der Waals surface area contributed by atoms with Gasteiger partial charge in [0.15, 0.2) is 0 Å². The van der Waals surface area contributed by atoms with E-state index in [1.54, 1.807) is 0 Å². The van der Waals surface area contributed by atoms with Crippen molar-refractivity contribution in [2.75, 3.05) is 6.61 Å². The highest BCUT2D eigenvalue weighted by molar-refractivity contribution is 5.65. The molecule has 1 aromatic rings. The van der Waals surface area contributed by atoms with E-state index < -0.39 is 0 Å². The summed E-state index contributed by atoms with van der Waals surface area (Å²) in [6.07, 6.45) is 2.69. The van der Waals surface area contributed by atoms with E-state index in [0.717, 1.165) is 6.42 Å². The fourth-order valence-electron chi connectivity index (χ4n) is 1.35. The summed E-state index contributed by atoms with van der Waals surface area (Å²) in [6, 6.07) is 10.1. The van der Waals surface area contributed by atoms with Crippen molar-refractivity contribution in [3.05, 3.63) is 48.6 Å². The van der Waals surface area contributed by atoms with Gasteiger partial charge in [0.1, 0.15) is 0 Å². The fourth-order valence-corrected chi connectivity index (χ4v) is 1.35. The van der Waals surface area contributed by atoms with E-state index in [-0.39, 0.29) is 11.9 Å². The van der Waals surface area contributed by atoms with Crippen molar-refractivity contribution >= 4 is 5.97 Å². The minimum atomic E-state index is -0.241. The van der Waals surface area contributed by atoms with E-state index in [4.69, 9.17) is 4.74 Å². The van der Waals surface area contributed by atoms with Gasteiger partial charge in [-0.25, -0.2) is 0 Å². The average molecular weight is 204 g/mol. The third-order valence-corrected chi connectivity index (χ3v) is 2.17. The summed E-state index contributed by atoms with van der Waals surface area (Å²) in [5.74, 6) is -0.0498. The number of ether oxygens (including phenoxy) is 1. The van der Waals surface area contributed by atoms with E-state index in [2.05, 4.69) is 18.7 Å². The summed E-state index contributed by atoms with van der Waals surface area (Å²) in [7, 11) is 0. The molecule has 15 heavy (non-hydrogen) atoms. The van der Waals surface area contributed by atoms with Crippen LogP contribution in [0.25, 0.3) is 0 Å². The SMILES string of the molecule is C=C[C@@H](COC(C)=O)Cc1ccccc1. The molecule has 0 saturated carbocycles. The second kappa shape index (κ2) is 6.02. The highest BCUT2D eigenvalue weighted by atomic mass is 16.5. The first-order valence-corrected chi connectivity index (χ1v) is 5.02. The van der Waals surface area contributed by atoms with Gasteiger partial charge in [-0.3, -0.25) is 4.79 Å². The maximum Gasteiger partial charge on any atom is 0.302 e. The minimum absolute atomic E-state index is 0.191. The standard InChI is InChI=1S/C13H16O2/c1-3-12(10-15-11(2)14)9-13-7-5-4-6-8-13/h3-8,12H,1,9-10H2,2H3/t12-/m1/s1. The summed E-state index contributed by atoms with van der Waals surface area (Å²) in [4.78, 5) is 10.7. The molecule has 0 bridgehead atoms. The smallest absolute Gasteiger partial charge is 0.302 e. The molecule has 0 aromatic heterocycles. The number of carbonyl (C=O) groups excluding carboxylic acids is 1. The lowest BCUT2D eigenvalue weighted by Gasteiger charge is -2.11. The molecule has 0 aliphatic carbocycles. The summed E-state index contributed by atoms with van der Waals surface area (Å²) in [5, 5.41) is 0. The van der Waals surface area contributed by atoms with Crippen LogP contribution in [0.3, 0.4) is 0 Å². The van der Waals surface area contributed by atoms with Crippen LogP contribution in [0.1, 0.15) is 12.5 Å². The van der Waals surface area contributed by atoms with E-state index in [1.807, 2.05) is 24.3 Å². The molecule has 2 nitrogen and oxygen atoms in total. The lowest BCUT2D eigenvalue weighted by atomic mass is 10.0. The first-order chi connectivity index (χ1) is 7.22. The van der Waals surface area contributed by atoms with Crippen LogP contribution in [0.5, 0.6) is 0 Å². The summed E-state index contributed by atoms with van der Waals surface area (Å²) >= 11 is 0. The molecule has 0 aliphatic rings. The van der Waals surface area contributed by atoms with Crippen LogP contribution in [0.2, 0.25) is 0 Å². The van der Waals surface area contributed by atoms with Gasteiger partial charge in [-0.1, -0.05) is 36.4 Å². The van der Waals surface area contributed by atoms with Gasteiger partial charge in [-0.05, 0) is 12.0 Å². The Bertz CT molecular complexity index is 317. The highest BCUT2D eigenvalue weighted by Crippen LogP contribution is 2.10. The van der Waals surface area contributed by atoms with Gasteiger partial charge in [0.05, 0.1) is 6.61 Å². The van der Waals surface area contributed by atoms with Crippen molar-refractivity contribution in [2.24, 2.45) is 5.92 Å². The Morgan fingerprint density at radius 3 is 2.67 bits per heavy atom. The summed E-state index contributed by atoms with van der Waals surface area (Å²) in [6.45, 7) is 5.57. The Hall–Kier alpha value is -1.57. The maximum absolute atomic E-state index is 10.7. The second-order valence-electron chi connectivity index (χ2n) is 3.49. The molecule has 0 heterocycles. The van der Waals surface area contributed by atoms with Crippen LogP contribution in [0, 0.1) is 5.92 Å². The molecule has 0 saturated heterocycles. The van der Waals surface area contributed by atoms with E-state index in [1.165, 1.54) is 12.5 Å². The van der Waals surface area contributed by atoms with E-state index in [9.17, 15) is 4.79 Å². The number of esters is 1. The average Bonchev–Trinajstić information content (AvgIpc) is 2.25. The van der Waals surface area contributed by atoms with E-state index in [0.29, 0.717) is 6.61 Å². The molecule has 1 aromatic carbocycles. The van der Waals surface area contributed by atoms with Crippen molar-refractivity contribution in [1.82, 2.24) is 0 Å².